The van der Waals surface area contributed by atoms with E-state index in [1.807, 2.05) is 18.7 Å². The first-order chi connectivity index (χ1) is 9.62. The summed E-state index contributed by atoms with van der Waals surface area (Å²) in [7, 11) is 1.62. The number of thioether (sulfide) groups is 1. The largest absolute Gasteiger partial charge is 0.492 e. The van der Waals surface area contributed by atoms with E-state index >= 15 is 0 Å². The van der Waals surface area contributed by atoms with E-state index in [9.17, 15) is 4.79 Å². The van der Waals surface area contributed by atoms with Crippen LogP contribution in [0, 0.1) is 0 Å². The van der Waals surface area contributed by atoms with Crippen molar-refractivity contribution in [3.63, 3.8) is 0 Å². The molecule has 1 aromatic heterocycles. The fourth-order valence-corrected chi connectivity index (χ4v) is 4.76. The maximum atomic E-state index is 12.0. The Hall–Kier alpha value is -0.880. The first-order valence-corrected chi connectivity index (χ1v) is 8.84. The summed E-state index contributed by atoms with van der Waals surface area (Å²) in [6.45, 7) is 6.06. The molecule has 112 valence electrons. The van der Waals surface area contributed by atoms with Crippen LogP contribution in [0.15, 0.2) is 0 Å². The van der Waals surface area contributed by atoms with Crippen molar-refractivity contribution in [3.8, 4) is 5.75 Å². The van der Waals surface area contributed by atoms with Crippen LogP contribution in [-0.2, 0) is 0 Å². The van der Waals surface area contributed by atoms with Crippen LogP contribution in [0.25, 0.3) is 0 Å². The molecule has 1 atom stereocenters. The summed E-state index contributed by atoms with van der Waals surface area (Å²) in [5.74, 6) is 1.88. The minimum atomic E-state index is 0.0930. The van der Waals surface area contributed by atoms with E-state index in [0.717, 1.165) is 30.3 Å². The van der Waals surface area contributed by atoms with Gasteiger partial charge in [0, 0.05) is 30.5 Å². The minimum Gasteiger partial charge on any atom is -0.492 e. The summed E-state index contributed by atoms with van der Waals surface area (Å²) in [5, 5.41) is 1.66. The molecule has 0 saturated carbocycles. The third-order valence-electron chi connectivity index (χ3n) is 3.54. The fraction of sp³-hybridized carbons (Fsp3) is 0.643. The van der Waals surface area contributed by atoms with Crippen molar-refractivity contribution in [2.45, 2.75) is 31.9 Å². The zero-order valence-corrected chi connectivity index (χ0v) is 13.9. The highest BCUT2D eigenvalue weighted by atomic mass is 32.2. The lowest BCUT2D eigenvalue weighted by Gasteiger charge is -2.32. The quantitative estimate of drug-likeness (QED) is 0.845. The Kier molecular flexibility index (Phi) is 5.21. The van der Waals surface area contributed by atoms with Crippen molar-refractivity contribution in [1.29, 1.82) is 0 Å². The second-order valence-corrected chi connectivity index (χ2v) is 7.21. The highest BCUT2D eigenvalue weighted by molar-refractivity contribution is 8.00. The summed E-state index contributed by atoms with van der Waals surface area (Å²) in [5.41, 5.74) is 6.60. The smallest absolute Gasteiger partial charge is 0.177 e. The highest BCUT2D eigenvalue weighted by Crippen LogP contribution is 2.46. The van der Waals surface area contributed by atoms with Crippen molar-refractivity contribution in [3.05, 3.63) is 4.88 Å². The van der Waals surface area contributed by atoms with Gasteiger partial charge in [0.05, 0.1) is 17.7 Å². The Morgan fingerprint density at radius 1 is 1.50 bits per heavy atom. The molecule has 20 heavy (non-hydrogen) atoms. The molecular weight excluding hydrogens is 292 g/mol. The lowest BCUT2D eigenvalue weighted by Crippen LogP contribution is -2.37. The van der Waals surface area contributed by atoms with Crippen LogP contribution in [0.1, 0.15) is 36.4 Å². The van der Waals surface area contributed by atoms with Crippen LogP contribution in [0.3, 0.4) is 0 Å². The Balaban J connectivity index is 2.33. The lowest BCUT2D eigenvalue weighted by molar-refractivity contribution is 0.0992. The number of nitrogen functional groups attached to an aromatic ring is 1. The summed E-state index contributed by atoms with van der Waals surface area (Å²) in [4.78, 5) is 14.9. The second-order valence-electron chi connectivity index (χ2n) is 4.81. The first kappa shape index (κ1) is 15.5. The number of anilines is 2. The zero-order chi connectivity index (χ0) is 14.7. The molecule has 0 spiro atoms. The zero-order valence-electron chi connectivity index (χ0n) is 12.3. The summed E-state index contributed by atoms with van der Waals surface area (Å²) >= 11 is 3.50. The Bertz CT molecular complexity index is 488. The molecule has 1 saturated heterocycles. The Morgan fingerprint density at radius 2 is 2.25 bits per heavy atom. The van der Waals surface area contributed by atoms with Crippen LogP contribution in [0.2, 0.25) is 0 Å². The van der Waals surface area contributed by atoms with E-state index in [-0.39, 0.29) is 5.78 Å². The van der Waals surface area contributed by atoms with E-state index in [0.29, 0.717) is 28.0 Å². The van der Waals surface area contributed by atoms with E-state index in [1.165, 1.54) is 11.3 Å². The van der Waals surface area contributed by atoms with Gasteiger partial charge in [0.15, 0.2) is 11.5 Å². The number of hydrogen-bond donors (Lipinski definition) is 1. The highest BCUT2D eigenvalue weighted by Gasteiger charge is 2.27. The van der Waals surface area contributed by atoms with E-state index in [4.69, 9.17) is 10.5 Å². The number of nitrogens with zero attached hydrogens (tertiary/aromatic N) is 1. The fourth-order valence-electron chi connectivity index (χ4n) is 2.34. The van der Waals surface area contributed by atoms with Crippen molar-refractivity contribution >= 4 is 39.6 Å². The second kappa shape index (κ2) is 6.72. The van der Waals surface area contributed by atoms with Crippen LogP contribution >= 0.6 is 23.1 Å². The maximum Gasteiger partial charge on any atom is 0.177 e. The minimum absolute atomic E-state index is 0.0930. The number of rotatable bonds is 5. The standard InChI is InChI=1S/C14H22N2O2S2/c1-4-9-8-16(6-7-19-9)14-12(18-3)11(15)13(20-14)10(17)5-2/h9H,4-8,15H2,1-3H3. The van der Waals surface area contributed by atoms with E-state index < -0.39 is 0 Å². The van der Waals surface area contributed by atoms with Crippen molar-refractivity contribution in [2.75, 3.05) is 36.6 Å². The van der Waals surface area contributed by atoms with Gasteiger partial charge in [-0.25, -0.2) is 0 Å². The van der Waals surface area contributed by atoms with Gasteiger partial charge in [-0.3, -0.25) is 4.79 Å². The number of hydrogen-bond acceptors (Lipinski definition) is 6. The van der Waals surface area contributed by atoms with Crippen LogP contribution in [-0.4, -0.2) is 37.0 Å². The van der Waals surface area contributed by atoms with Gasteiger partial charge in [-0.05, 0) is 6.42 Å². The molecule has 2 heterocycles. The van der Waals surface area contributed by atoms with Gasteiger partial charge in [0.1, 0.15) is 5.00 Å². The molecule has 4 nitrogen and oxygen atoms in total. The van der Waals surface area contributed by atoms with E-state index in [2.05, 4.69) is 11.8 Å². The predicted octanol–water partition coefficient (Wildman–Crippen LogP) is 3.26. The molecule has 2 N–H and O–H groups in total. The predicted molar refractivity (Wildman–Crippen MR) is 88.7 cm³/mol. The first-order valence-electron chi connectivity index (χ1n) is 6.98. The van der Waals surface area contributed by atoms with Crippen molar-refractivity contribution < 1.29 is 9.53 Å². The monoisotopic (exact) mass is 314 g/mol. The molecule has 0 aliphatic carbocycles. The summed E-state index contributed by atoms with van der Waals surface area (Å²) in [6, 6.07) is 0. The van der Waals surface area contributed by atoms with Gasteiger partial charge in [-0.1, -0.05) is 13.8 Å². The van der Waals surface area contributed by atoms with Crippen molar-refractivity contribution in [1.82, 2.24) is 0 Å². The maximum absolute atomic E-state index is 12.0. The van der Waals surface area contributed by atoms with Gasteiger partial charge in [-0.15, -0.1) is 11.3 Å². The Morgan fingerprint density at radius 3 is 2.85 bits per heavy atom. The van der Waals surface area contributed by atoms with E-state index in [1.54, 1.807) is 7.11 Å². The molecule has 6 heteroatoms. The average molecular weight is 314 g/mol. The molecule has 0 aromatic carbocycles. The lowest BCUT2D eigenvalue weighted by atomic mass is 10.2. The summed E-state index contributed by atoms with van der Waals surface area (Å²) in [6.07, 6.45) is 1.63. The van der Waals surface area contributed by atoms with Gasteiger partial charge in [0.25, 0.3) is 0 Å². The SMILES string of the molecule is CCC(=O)c1sc(N2CCSC(CC)C2)c(OC)c1N. The molecular formula is C14H22N2O2S2. The molecule has 1 unspecified atom stereocenters. The van der Waals surface area contributed by atoms with Crippen molar-refractivity contribution in [2.24, 2.45) is 0 Å². The number of carbonyl (C=O) groups excluding carboxylic acids is 1. The number of nitrogens with two attached hydrogens (primary N) is 1. The molecule has 0 amide bonds. The number of ketones is 1. The molecule has 0 bridgehead atoms. The third-order valence-corrected chi connectivity index (χ3v) is 6.20. The molecule has 0 radical (unpaired) electrons. The molecule has 1 aromatic rings. The van der Waals surface area contributed by atoms with Crippen LogP contribution in [0.4, 0.5) is 10.7 Å². The van der Waals surface area contributed by atoms with Crippen LogP contribution in [0.5, 0.6) is 5.75 Å². The Labute approximate surface area is 128 Å². The number of methoxy groups -OCH3 is 1. The molecule has 1 fully saturated rings. The normalized spacial score (nSPS) is 19.1. The number of carbonyl (C=O) groups is 1. The number of Topliss-reactive ketones (excluding diaryl/α,β-unsaturated/α-hetero) is 1. The average Bonchev–Trinajstić information content (AvgIpc) is 2.83. The molecule has 1 aliphatic heterocycles. The molecule has 2 rings (SSSR count). The molecule has 1 aliphatic rings. The van der Waals surface area contributed by atoms with Gasteiger partial charge in [0.2, 0.25) is 0 Å². The van der Waals surface area contributed by atoms with Gasteiger partial charge in [-0.2, -0.15) is 11.8 Å². The van der Waals surface area contributed by atoms with Crippen LogP contribution < -0.4 is 15.4 Å². The van der Waals surface area contributed by atoms with Gasteiger partial charge >= 0.3 is 0 Å². The third kappa shape index (κ3) is 2.91. The number of thiophene rings is 1. The van der Waals surface area contributed by atoms with Gasteiger partial charge < -0.3 is 15.4 Å². The number of ether oxygens (including phenoxy) is 1. The summed E-state index contributed by atoms with van der Waals surface area (Å²) < 4.78 is 5.46. The topological polar surface area (TPSA) is 55.6 Å².